The first-order valence-electron chi connectivity index (χ1n) is 14.2. The number of ether oxygens (including phenoxy) is 4. The molecule has 0 aliphatic carbocycles. The number of benzene rings is 4. The van der Waals surface area contributed by atoms with Crippen molar-refractivity contribution in [3.05, 3.63) is 119 Å². The van der Waals surface area contributed by atoms with Crippen LogP contribution in [0, 0.1) is 11.8 Å². The van der Waals surface area contributed by atoms with Crippen molar-refractivity contribution in [1.29, 1.82) is 0 Å². The molecule has 2 aliphatic rings. The number of rotatable bonds is 8. The minimum Gasteiger partial charge on any atom is -0.496 e. The van der Waals surface area contributed by atoms with Gasteiger partial charge in [-0.05, 0) is 24.3 Å². The normalized spacial score (nSPS) is 25.0. The molecule has 2 unspecified atom stereocenters. The third-order valence-electron chi connectivity index (χ3n) is 8.71. The highest BCUT2D eigenvalue weighted by Gasteiger charge is 2.56. The van der Waals surface area contributed by atoms with Crippen LogP contribution in [0.1, 0.15) is 46.4 Å². The lowest BCUT2D eigenvalue weighted by Crippen LogP contribution is -2.60. The third-order valence-corrected chi connectivity index (χ3v) is 8.71. The molecule has 0 aromatic heterocycles. The van der Waals surface area contributed by atoms with Crippen molar-refractivity contribution in [3.63, 3.8) is 0 Å². The van der Waals surface area contributed by atoms with Crippen molar-refractivity contribution in [3.8, 4) is 23.0 Å². The van der Waals surface area contributed by atoms with Gasteiger partial charge in [0.05, 0.1) is 40.3 Å². The highest BCUT2D eigenvalue weighted by molar-refractivity contribution is 5.89. The van der Waals surface area contributed by atoms with Crippen LogP contribution < -0.4 is 29.6 Å². The van der Waals surface area contributed by atoms with Gasteiger partial charge in [0.2, 0.25) is 0 Å². The Morgan fingerprint density at radius 3 is 0.905 bits per heavy atom. The zero-order valence-corrected chi connectivity index (χ0v) is 24.2. The van der Waals surface area contributed by atoms with Crippen LogP contribution in [0.15, 0.2) is 97.1 Å². The number of piperidine rings is 2. The number of hydrogen-bond donors (Lipinski definition) is 2. The monoisotopic (exact) mass is 564 g/mol. The van der Waals surface area contributed by atoms with E-state index in [-0.39, 0.29) is 30.0 Å². The lowest BCUT2D eigenvalue weighted by Gasteiger charge is -2.53. The second kappa shape index (κ2) is 11.9. The van der Waals surface area contributed by atoms with Crippen LogP contribution in [0.5, 0.6) is 23.0 Å². The summed E-state index contributed by atoms with van der Waals surface area (Å²) in [5.74, 6) is 2.15. The molecule has 0 spiro atoms. The second-order valence-electron chi connectivity index (χ2n) is 10.7. The Kier molecular flexibility index (Phi) is 7.87. The smallest absolute Gasteiger partial charge is 0.146 e. The minimum atomic E-state index is -0.459. The Hall–Kier alpha value is -4.33. The van der Waals surface area contributed by atoms with Crippen LogP contribution >= 0.6 is 0 Å². The molecule has 2 heterocycles. The van der Waals surface area contributed by atoms with Crippen LogP contribution in [-0.2, 0) is 4.79 Å². The third kappa shape index (κ3) is 4.68. The molecule has 7 nitrogen and oxygen atoms in total. The first-order valence-corrected chi connectivity index (χ1v) is 14.2. The molecule has 2 N–H and O–H groups in total. The van der Waals surface area contributed by atoms with Crippen molar-refractivity contribution in [2.24, 2.45) is 11.8 Å². The van der Waals surface area contributed by atoms with Crippen molar-refractivity contribution < 1.29 is 23.7 Å². The Morgan fingerprint density at radius 2 is 0.667 bits per heavy atom. The van der Waals surface area contributed by atoms with Gasteiger partial charge >= 0.3 is 0 Å². The molecule has 4 aromatic carbocycles. The highest BCUT2D eigenvalue weighted by Crippen LogP contribution is 2.55. The van der Waals surface area contributed by atoms with E-state index in [1.807, 2.05) is 97.1 Å². The van der Waals surface area contributed by atoms with Crippen molar-refractivity contribution >= 4 is 5.78 Å². The van der Waals surface area contributed by atoms with E-state index in [0.717, 1.165) is 45.3 Å². The number of hydrogen-bond acceptors (Lipinski definition) is 7. The molecule has 0 saturated carbocycles. The molecule has 2 bridgehead atoms. The molecule has 2 fully saturated rings. The summed E-state index contributed by atoms with van der Waals surface area (Å²) < 4.78 is 23.3. The van der Waals surface area contributed by atoms with Crippen LogP contribution in [-0.4, -0.2) is 34.2 Å². The number of methoxy groups -OCH3 is 4. The summed E-state index contributed by atoms with van der Waals surface area (Å²) >= 11 is 0. The molecule has 2 saturated heterocycles. The van der Waals surface area contributed by atoms with E-state index in [1.165, 1.54) is 0 Å². The van der Waals surface area contributed by atoms with E-state index in [1.54, 1.807) is 28.4 Å². The fraction of sp³-hybridized carbons (Fsp3) is 0.286. The van der Waals surface area contributed by atoms with Gasteiger partial charge in [0.1, 0.15) is 28.8 Å². The predicted octanol–water partition coefficient (Wildman–Crippen LogP) is 5.99. The average molecular weight is 565 g/mol. The molecule has 4 aromatic rings. The van der Waals surface area contributed by atoms with Crippen LogP contribution in [0.2, 0.25) is 0 Å². The lowest BCUT2D eigenvalue weighted by atomic mass is 9.63. The molecule has 0 radical (unpaired) electrons. The van der Waals surface area contributed by atoms with Crippen LogP contribution in [0.3, 0.4) is 0 Å². The molecule has 2 aliphatic heterocycles. The Labute approximate surface area is 246 Å². The fourth-order valence-corrected chi connectivity index (χ4v) is 6.89. The summed E-state index contributed by atoms with van der Waals surface area (Å²) in [6, 6.07) is 30.2. The molecule has 0 amide bonds. The number of carbonyl (C=O) groups is 1. The molecular formula is C35H36N2O5. The summed E-state index contributed by atoms with van der Waals surface area (Å²) in [6.45, 7) is 0. The zero-order valence-electron chi connectivity index (χ0n) is 24.2. The van der Waals surface area contributed by atoms with Crippen molar-refractivity contribution in [1.82, 2.24) is 10.6 Å². The van der Waals surface area contributed by atoms with Crippen molar-refractivity contribution in [2.45, 2.75) is 24.2 Å². The molecule has 7 heteroatoms. The van der Waals surface area contributed by atoms with E-state index in [2.05, 4.69) is 10.6 Å². The highest BCUT2D eigenvalue weighted by atomic mass is 16.5. The van der Waals surface area contributed by atoms with E-state index in [9.17, 15) is 0 Å². The van der Waals surface area contributed by atoms with Gasteiger partial charge in [-0.2, -0.15) is 0 Å². The standard InChI is InChI=1S/C35H36N2O5/c1-39-25-17-9-5-13-21(25)31-29-32(22-14-6-10-18-26(22)40-2)37-34(24-16-8-12-20-28(24)42-4)30(35(29)38)33(36-31)23-15-7-11-19-27(23)41-3/h5-20,29-34,36-37H,1-4H3/t29?,30?,31-,32+,33+,34-. The Bertz CT molecular complexity index is 1350. The zero-order chi connectivity index (χ0) is 29.2. The molecular weight excluding hydrogens is 528 g/mol. The Balaban J connectivity index is 1.59. The SMILES string of the molecule is COc1ccccc1[C@H]1N[C@@H](c2ccccc2OC)C2C(=O)C1[C@H](c1ccccc1OC)N[C@@H]2c1ccccc1OC. The van der Waals surface area contributed by atoms with E-state index in [0.29, 0.717) is 0 Å². The summed E-state index contributed by atoms with van der Waals surface area (Å²) in [5.41, 5.74) is 3.70. The maximum atomic E-state index is 15.1. The predicted molar refractivity (Wildman–Crippen MR) is 161 cm³/mol. The van der Waals surface area contributed by atoms with Gasteiger partial charge in [0, 0.05) is 46.4 Å². The summed E-state index contributed by atoms with van der Waals surface area (Å²) in [5, 5.41) is 7.88. The summed E-state index contributed by atoms with van der Waals surface area (Å²) in [4.78, 5) is 15.1. The van der Waals surface area contributed by atoms with Gasteiger partial charge in [0.15, 0.2) is 0 Å². The minimum absolute atomic E-state index is 0.158. The van der Waals surface area contributed by atoms with Crippen LogP contribution in [0.4, 0.5) is 0 Å². The van der Waals surface area contributed by atoms with Crippen molar-refractivity contribution in [2.75, 3.05) is 28.4 Å². The molecule has 42 heavy (non-hydrogen) atoms. The average Bonchev–Trinajstić information content (AvgIpc) is 3.05. The molecule has 6 rings (SSSR count). The maximum absolute atomic E-state index is 15.1. The van der Waals surface area contributed by atoms with Gasteiger partial charge < -0.3 is 29.6 Å². The number of ketones is 1. The van der Waals surface area contributed by atoms with Gasteiger partial charge in [-0.3, -0.25) is 4.79 Å². The summed E-state index contributed by atoms with van der Waals surface area (Å²) in [6.07, 6.45) is 0. The number of fused-ring (bicyclic) bond motifs is 2. The molecule has 6 atom stereocenters. The van der Waals surface area contributed by atoms with E-state index < -0.39 is 11.8 Å². The van der Waals surface area contributed by atoms with Gasteiger partial charge in [-0.1, -0.05) is 72.8 Å². The number of Topliss-reactive ketones (excluding diaryl/α,β-unsaturated/α-hetero) is 1. The van der Waals surface area contributed by atoms with Crippen LogP contribution in [0.25, 0.3) is 0 Å². The molecule has 216 valence electrons. The number of nitrogens with one attached hydrogen (secondary N) is 2. The first kappa shape index (κ1) is 27.8. The lowest BCUT2D eigenvalue weighted by molar-refractivity contribution is -0.139. The largest absolute Gasteiger partial charge is 0.496 e. The summed E-state index contributed by atoms with van der Waals surface area (Å²) in [7, 11) is 6.66. The quantitative estimate of drug-likeness (QED) is 0.272. The second-order valence-corrected chi connectivity index (χ2v) is 10.7. The maximum Gasteiger partial charge on any atom is 0.146 e. The number of para-hydroxylation sites is 4. The van der Waals surface area contributed by atoms with Gasteiger partial charge in [-0.15, -0.1) is 0 Å². The first-order chi connectivity index (χ1) is 20.6. The van der Waals surface area contributed by atoms with Gasteiger partial charge in [-0.25, -0.2) is 0 Å². The van der Waals surface area contributed by atoms with E-state index in [4.69, 9.17) is 18.9 Å². The fourth-order valence-electron chi connectivity index (χ4n) is 6.89. The van der Waals surface area contributed by atoms with Gasteiger partial charge in [0.25, 0.3) is 0 Å². The number of carbonyl (C=O) groups excluding carboxylic acids is 1. The van der Waals surface area contributed by atoms with E-state index >= 15 is 4.79 Å². The topological polar surface area (TPSA) is 78.1 Å². The Morgan fingerprint density at radius 1 is 0.429 bits per heavy atom.